The predicted octanol–water partition coefficient (Wildman–Crippen LogP) is 0.938. The highest BCUT2D eigenvalue weighted by molar-refractivity contribution is 7.87. The van der Waals surface area contributed by atoms with E-state index in [1.165, 1.54) is 7.05 Å². The summed E-state index contributed by atoms with van der Waals surface area (Å²) in [5, 5.41) is 3.91. The Balaban J connectivity index is 1.95. The third-order valence-corrected chi connectivity index (χ3v) is 3.68. The zero-order valence-corrected chi connectivity index (χ0v) is 11.3. The van der Waals surface area contributed by atoms with Crippen molar-refractivity contribution in [3.8, 4) is 11.3 Å². The van der Waals surface area contributed by atoms with Crippen LogP contribution in [0.15, 0.2) is 40.9 Å². The number of nitrogens with one attached hydrogen (secondary N) is 2. The van der Waals surface area contributed by atoms with Gasteiger partial charge in [0, 0.05) is 31.6 Å². The van der Waals surface area contributed by atoms with Crippen LogP contribution >= 0.6 is 0 Å². The smallest absolute Gasteiger partial charge is 0.276 e. The van der Waals surface area contributed by atoms with Crippen molar-refractivity contribution in [1.29, 1.82) is 0 Å². The fourth-order valence-electron chi connectivity index (χ4n) is 1.55. The molecular formula is C12H15N3O3S. The number of hydrogen-bond donors (Lipinski definition) is 2. The quantitative estimate of drug-likeness (QED) is 0.825. The molecule has 0 unspecified atom stereocenters. The maximum Gasteiger partial charge on any atom is 0.276 e. The van der Waals surface area contributed by atoms with E-state index in [9.17, 15) is 8.42 Å². The lowest BCUT2D eigenvalue weighted by atomic mass is 10.1. The van der Waals surface area contributed by atoms with Gasteiger partial charge in [-0.1, -0.05) is 35.5 Å². The van der Waals surface area contributed by atoms with Gasteiger partial charge in [0.25, 0.3) is 10.2 Å². The standard InChI is InChI=1S/C12H15N3O3S/c1-13-19(16,17)14-8-7-11-9-12(18-15-11)10-5-3-2-4-6-10/h2-6,9,13-14H,7-8H2,1H3. The fourth-order valence-corrected chi connectivity index (χ4v) is 2.07. The summed E-state index contributed by atoms with van der Waals surface area (Å²) >= 11 is 0. The van der Waals surface area contributed by atoms with E-state index in [1.807, 2.05) is 36.4 Å². The summed E-state index contributed by atoms with van der Waals surface area (Å²) in [6, 6.07) is 11.4. The van der Waals surface area contributed by atoms with E-state index in [4.69, 9.17) is 4.52 Å². The Morgan fingerprint density at radius 1 is 1.26 bits per heavy atom. The van der Waals surface area contributed by atoms with Gasteiger partial charge in [-0.2, -0.15) is 8.42 Å². The van der Waals surface area contributed by atoms with Crippen LogP contribution in [0.1, 0.15) is 5.69 Å². The van der Waals surface area contributed by atoms with Crippen molar-refractivity contribution in [3.63, 3.8) is 0 Å². The lowest BCUT2D eigenvalue weighted by Gasteiger charge is -2.02. The van der Waals surface area contributed by atoms with Crippen molar-refractivity contribution in [2.45, 2.75) is 6.42 Å². The Labute approximate surface area is 112 Å². The van der Waals surface area contributed by atoms with Crippen molar-refractivity contribution < 1.29 is 12.9 Å². The van der Waals surface area contributed by atoms with E-state index in [-0.39, 0.29) is 6.54 Å². The number of rotatable bonds is 6. The zero-order chi connectivity index (χ0) is 13.7. The van der Waals surface area contributed by atoms with Gasteiger partial charge in [0.1, 0.15) is 0 Å². The molecule has 1 heterocycles. The van der Waals surface area contributed by atoms with E-state index < -0.39 is 10.2 Å². The summed E-state index contributed by atoms with van der Waals surface area (Å²) in [5.74, 6) is 0.673. The minimum absolute atomic E-state index is 0.268. The molecule has 2 aromatic rings. The molecule has 19 heavy (non-hydrogen) atoms. The van der Waals surface area contributed by atoms with Gasteiger partial charge >= 0.3 is 0 Å². The number of benzene rings is 1. The maximum atomic E-state index is 11.2. The van der Waals surface area contributed by atoms with Crippen LogP contribution in [0.25, 0.3) is 11.3 Å². The molecule has 0 atom stereocenters. The second-order valence-corrected chi connectivity index (χ2v) is 5.60. The Morgan fingerprint density at radius 2 is 2.00 bits per heavy atom. The van der Waals surface area contributed by atoms with Crippen molar-refractivity contribution >= 4 is 10.2 Å². The van der Waals surface area contributed by atoms with Gasteiger partial charge in [-0.3, -0.25) is 0 Å². The number of nitrogens with zero attached hydrogens (tertiary/aromatic N) is 1. The van der Waals surface area contributed by atoms with Crippen molar-refractivity contribution in [1.82, 2.24) is 14.6 Å². The number of hydrogen-bond acceptors (Lipinski definition) is 4. The largest absolute Gasteiger partial charge is 0.356 e. The Morgan fingerprint density at radius 3 is 2.68 bits per heavy atom. The van der Waals surface area contributed by atoms with Crippen molar-refractivity contribution in [2.24, 2.45) is 0 Å². The minimum atomic E-state index is -3.39. The Bertz CT molecular complexity index is 623. The second kappa shape index (κ2) is 5.96. The highest BCUT2D eigenvalue weighted by Crippen LogP contribution is 2.19. The summed E-state index contributed by atoms with van der Waals surface area (Å²) in [7, 11) is -2.04. The molecule has 0 radical (unpaired) electrons. The molecule has 0 fully saturated rings. The molecule has 2 rings (SSSR count). The second-order valence-electron chi connectivity index (χ2n) is 3.90. The average molecular weight is 281 g/mol. The van der Waals surface area contributed by atoms with Gasteiger partial charge in [-0.15, -0.1) is 0 Å². The summed E-state index contributed by atoms with van der Waals surface area (Å²) < 4.78 is 32.1. The van der Waals surface area contributed by atoms with Gasteiger partial charge in [-0.25, -0.2) is 9.44 Å². The van der Waals surface area contributed by atoms with E-state index in [0.717, 1.165) is 5.56 Å². The van der Waals surface area contributed by atoms with Crippen LogP contribution in [0.3, 0.4) is 0 Å². The van der Waals surface area contributed by atoms with E-state index >= 15 is 0 Å². The number of aromatic nitrogens is 1. The average Bonchev–Trinajstić information content (AvgIpc) is 2.88. The molecule has 0 spiro atoms. The molecule has 0 aliphatic rings. The van der Waals surface area contributed by atoms with Gasteiger partial charge in [0.2, 0.25) is 0 Å². The van der Waals surface area contributed by atoms with E-state index in [2.05, 4.69) is 14.6 Å². The lowest BCUT2D eigenvalue weighted by Crippen LogP contribution is -2.35. The predicted molar refractivity (Wildman–Crippen MR) is 71.6 cm³/mol. The van der Waals surface area contributed by atoms with Gasteiger partial charge < -0.3 is 4.52 Å². The topological polar surface area (TPSA) is 84.2 Å². The molecule has 0 saturated heterocycles. The third-order valence-electron chi connectivity index (χ3n) is 2.56. The molecule has 0 bridgehead atoms. The van der Waals surface area contributed by atoms with Crippen LogP contribution < -0.4 is 9.44 Å². The lowest BCUT2D eigenvalue weighted by molar-refractivity contribution is 0.423. The van der Waals surface area contributed by atoms with Gasteiger partial charge in [0.15, 0.2) is 5.76 Å². The fraction of sp³-hybridized carbons (Fsp3) is 0.250. The first-order valence-electron chi connectivity index (χ1n) is 5.80. The van der Waals surface area contributed by atoms with Crippen LogP contribution in [-0.2, 0) is 16.6 Å². The van der Waals surface area contributed by atoms with Crippen LogP contribution in [0, 0.1) is 0 Å². The van der Waals surface area contributed by atoms with Crippen LogP contribution in [0.2, 0.25) is 0 Å². The zero-order valence-electron chi connectivity index (χ0n) is 10.5. The molecule has 7 heteroatoms. The maximum absolute atomic E-state index is 11.2. The molecule has 1 aromatic carbocycles. The molecule has 2 N–H and O–H groups in total. The van der Waals surface area contributed by atoms with Crippen molar-refractivity contribution in [2.75, 3.05) is 13.6 Å². The first kappa shape index (κ1) is 13.7. The van der Waals surface area contributed by atoms with E-state index in [1.54, 1.807) is 0 Å². The van der Waals surface area contributed by atoms with Crippen LogP contribution in [0.5, 0.6) is 0 Å². The minimum Gasteiger partial charge on any atom is -0.356 e. The SMILES string of the molecule is CNS(=O)(=O)NCCc1cc(-c2ccccc2)on1. The first-order valence-corrected chi connectivity index (χ1v) is 7.28. The highest BCUT2D eigenvalue weighted by atomic mass is 32.2. The molecule has 0 aliphatic carbocycles. The molecule has 1 aromatic heterocycles. The molecule has 0 aliphatic heterocycles. The first-order chi connectivity index (χ1) is 9.11. The van der Waals surface area contributed by atoms with Crippen LogP contribution in [0.4, 0.5) is 0 Å². The molecule has 6 nitrogen and oxygen atoms in total. The summed E-state index contributed by atoms with van der Waals surface area (Å²) in [6.45, 7) is 0.268. The summed E-state index contributed by atoms with van der Waals surface area (Å²) in [4.78, 5) is 0. The Hall–Kier alpha value is -1.70. The summed E-state index contributed by atoms with van der Waals surface area (Å²) in [5.41, 5.74) is 1.65. The van der Waals surface area contributed by atoms with E-state index in [0.29, 0.717) is 17.9 Å². The van der Waals surface area contributed by atoms with Crippen molar-refractivity contribution in [3.05, 3.63) is 42.1 Å². The van der Waals surface area contributed by atoms with Gasteiger partial charge in [-0.05, 0) is 0 Å². The van der Waals surface area contributed by atoms with Gasteiger partial charge in [0.05, 0.1) is 5.69 Å². The monoisotopic (exact) mass is 281 g/mol. The summed E-state index contributed by atoms with van der Waals surface area (Å²) in [6.07, 6.45) is 0.469. The third kappa shape index (κ3) is 3.88. The molecule has 102 valence electrons. The van der Waals surface area contributed by atoms with Crippen LogP contribution in [-0.4, -0.2) is 27.2 Å². The normalized spacial score (nSPS) is 11.6. The highest BCUT2D eigenvalue weighted by Gasteiger charge is 2.08. The Kier molecular flexibility index (Phi) is 4.31. The molecule has 0 amide bonds. The molecular weight excluding hydrogens is 266 g/mol. The molecule has 0 saturated carbocycles.